The van der Waals surface area contributed by atoms with Gasteiger partial charge in [0.15, 0.2) is 0 Å². The van der Waals surface area contributed by atoms with Crippen LogP contribution in [0.1, 0.15) is 25.1 Å². The Labute approximate surface area is 121 Å². The quantitative estimate of drug-likeness (QED) is 0.837. The van der Waals surface area contributed by atoms with Crippen molar-refractivity contribution < 1.29 is 4.74 Å². The first-order valence-electron chi connectivity index (χ1n) is 7.16. The Morgan fingerprint density at radius 3 is 2.80 bits per heavy atom. The van der Waals surface area contributed by atoms with Gasteiger partial charge in [0.2, 0.25) is 0 Å². The second kappa shape index (κ2) is 7.15. The largest absolute Gasteiger partial charge is 0.497 e. The number of hydrogen-bond acceptors (Lipinski definition) is 2. The maximum Gasteiger partial charge on any atom is 0.119 e. The van der Waals surface area contributed by atoms with Gasteiger partial charge in [-0.15, -0.1) is 0 Å². The molecule has 0 bridgehead atoms. The van der Waals surface area contributed by atoms with E-state index in [-0.39, 0.29) is 0 Å². The maximum absolute atomic E-state index is 5.27. The summed E-state index contributed by atoms with van der Waals surface area (Å²) in [4.78, 5) is 0. The Morgan fingerprint density at radius 2 is 2.05 bits per heavy atom. The summed E-state index contributed by atoms with van der Waals surface area (Å²) in [5, 5.41) is 3.49. The van der Waals surface area contributed by atoms with Gasteiger partial charge in [0.25, 0.3) is 0 Å². The van der Waals surface area contributed by atoms with Crippen LogP contribution < -0.4 is 10.1 Å². The Kier molecular flexibility index (Phi) is 5.24. The van der Waals surface area contributed by atoms with Crippen molar-refractivity contribution in [3.8, 4) is 5.75 Å². The molecule has 0 spiro atoms. The molecule has 0 aliphatic heterocycles. The lowest BCUT2D eigenvalue weighted by atomic mass is 10.2. The highest BCUT2D eigenvalue weighted by atomic mass is 16.5. The SMILES string of the molecule is COc1cccc(Cn2cccc2CNCC(C)C)c1. The van der Waals surface area contributed by atoms with Gasteiger partial charge in [0, 0.05) is 25.0 Å². The molecule has 20 heavy (non-hydrogen) atoms. The first-order chi connectivity index (χ1) is 9.69. The number of methoxy groups -OCH3 is 1. The van der Waals surface area contributed by atoms with Crippen LogP contribution in [0.25, 0.3) is 0 Å². The van der Waals surface area contributed by atoms with Gasteiger partial charge < -0.3 is 14.6 Å². The van der Waals surface area contributed by atoms with E-state index in [1.165, 1.54) is 11.3 Å². The zero-order valence-electron chi connectivity index (χ0n) is 12.6. The molecule has 0 radical (unpaired) electrons. The average Bonchev–Trinajstić information content (AvgIpc) is 2.86. The number of rotatable bonds is 7. The van der Waals surface area contributed by atoms with Crippen LogP contribution in [-0.4, -0.2) is 18.2 Å². The summed E-state index contributed by atoms with van der Waals surface area (Å²) in [6.07, 6.45) is 2.13. The molecule has 0 saturated heterocycles. The molecule has 3 nitrogen and oxygen atoms in total. The molecule has 108 valence electrons. The van der Waals surface area contributed by atoms with Gasteiger partial charge in [-0.25, -0.2) is 0 Å². The molecule has 1 heterocycles. The number of nitrogens with one attached hydrogen (secondary N) is 1. The summed E-state index contributed by atoms with van der Waals surface area (Å²) in [6.45, 7) is 7.28. The third-order valence-electron chi connectivity index (χ3n) is 3.27. The Balaban J connectivity index is 2.00. The van der Waals surface area contributed by atoms with E-state index in [4.69, 9.17) is 4.74 Å². The van der Waals surface area contributed by atoms with E-state index in [0.717, 1.165) is 25.4 Å². The van der Waals surface area contributed by atoms with Gasteiger partial charge in [0.1, 0.15) is 5.75 Å². The Bertz CT molecular complexity index is 531. The monoisotopic (exact) mass is 272 g/mol. The van der Waals surface area contributed by atoms with Crippen LogP contribution in [-0.2, 0) is 13.1 Å². The average molecular weight is 272 g/mol. The van der Waals surface area contributed by atoms with E-state index in [1.54, 1.807) is 7.11 Å². The van der Waals surface area contributed by atoms with Crippen molar-refractivity contribution in [3.63, 3.8) is 0 Å². The summed E-state index contributed by atoms with van der Waals surface area (Å²) in [5.41, 5.74) is 2.57. The second-order valence-corrected chi connectivity index (χ2v) is 5.50. The summed E-state index contributed by atoms with van der Waals surface area (Å²) < 4.78 is 7.55. The number of nitrogens with zero attached hydrogens (tertiary/aromatic N) is 1. The van der Waals surface area contributed by atoms with E-state index in [1.807, 2.05) is 12.1 Å². The van der Waals surface area contributed by atoms with Crippen molar-refractivity contribution in [2.45, 2.75) is 26.9 Å². The van der Waals surface area contributed by atoms with Crippen LogP contribution in [0.4, 0.5) is 0 Å². The van der Waals surface area contributed by atoms with Gasteiger partial charge in [-0.1, -0.05) is 26.0 Å². The number of benzene rings is 1. The molecule has 0 aliphatic carbocycles. The number of ether oxygens (including phenoxy) is 1. The molecular weight excluding hydrogens is 248 g/mol. The molecule has 0 atom stereocenters. The molecule has 0 saturated carbocycles. The van der Waals surface area contributed by atoms with E-state index in [9.17, 15) is 0 Å². The zero-order chi connectivity index (χ0) is 14.4. The minimum atomic E-state index is 0.678. The first-order valence-corrected chi connectivity index (χ1v) is 7.16. The molecule has 0 fully saturated rings. The normalized spacial score (nSPS) is 11.0. The van der Waals surface area contributed by atoms with Gasteiger partial charge >= 0.3 is 0 Å². The van der Waals surface area contributed by atoms with Crippen molar-refractivity contribution in [2.24, 2.45) is 5.92 Å². The van der Waals surface area contributed by atoms with Crippen LogP contribution in [0.15, 0.2) is 42.6 Å². The van der Waals surface area contributed by atoms with Crippen LogP contribution in [0.2, 0.25) is 0 Å². The molecule has 2 aromatic rings. The topological polar surface area (TPSA) is 26.2 Å². The zero-order valence-corrected chi connectivity index (χ0v) is 12.6. The lowest BCUT2D eigenvalue weighted by Gasteiger charge is -2.12. The molecule has 0 unspecified atom stereocenters. The highest BCUT2D eigenvalue weighted by molar-refractivity contribution is 5.29. The van der Waals surface area contributed by atoms with Gasteiger partial charge in [-0.2, -0.15) is 0 Å². The van der Waals surface area contributed by atoms with Crippen molar-refractivity contribution in [1.29, 1.82) is 0 Å². The summed E-state index contributed by atoms with van der Waals surface area (Å²) in [7, 11) is 1.70. The first kappa shape index (κ1) is 14.7. The smallest absolute Gasteiger partial charge is 0.119 e. The van der Waals surface area contributed by atoms with Crippen LogP contribution in [0.5, 0.6) is 5.75 Å². The van der Waals surface area contributed by atoms with E-state index < -0.39 is 0 Å². The maximum atomic E-state index is 5.27. The van der Waals surface area contributed by atoms with Crippen LogP contribution in [0, 0.1) is 5.92 Å². The van der Waals surface area contributed by atoms with Crippen molar-refractivity contribution >= 4 is 0 Å². The van der Waals surface area contributed by atoms with E-state index in [2.05, 4.69) is 54.2 Å². The molecular formula is C17H24N2O. The minimum Gasteiger partial charge on any atom is -0.497 e. The minimum absolute atomic E-state index is 0.678. The van der Waals surface area contributed by atoms with Gasteiger partial charge in [0.05, 0.1) is 7.11 Å². The predicted molar refractivity (Wildman–Crippen MR) is 83.1 cm³/mol. The third-order valence-corrected chi connectivity index (χ3v) is 3.27. The summed E-state index contributed by atoms with van der Waals surface area (Å²) >= 11 is 0. The molecule has 3 heteroatoms. The van der Waals surface area contributed by atoms with Gasteiger partial charge in [-0.3, -0.25) is 0 Å². The lowest BCUT2D eigenvalue weighted by molar-refractivity contribution is 0.414. The third kappa shape index (κ3) is 4.14. The molecule has 1 aromatic heterocycles. The highest BCUT2D eigenvalue weighted by Gasteiger charge is 2.03. The summed E-state index contributed by atoms with van der Waals surface area (Å²) in [6, 6.07) is 12.5. The summed E-state index contributed by atoms with van der Waals surface area (Å²) in [5.74, 6) is 1.59. The Morgan fingerprint density at radius 1 is 1.20 bits per heavy atom. The van der Waals surface area contributed by atoms with E-state index >= 15 is 0 Å². The molecule has 1 aromatic carbocycles. The van der Waals surface area contributed by atoms with E-state index in [0.29, 0.717) is 5.92 Å². The van der Waals surface area contributed by atoms with Crippen molar-refractivity contribution in [2.75, 3.05) is 13.7 Å². The standard InChI is InChI=1S/C17H24N2O/c1-14(2)11-18-12-16-7-5-9-19(16)13-15-6-4-8-17(10-15)20-3/h4-10,14,18H,11-13H2,1-3H3. The van der Waals surface area contributed by atoms with Crippen LogP contribution >= 0.6 is 0 Å². The number of hydrogen-bond donors (Lipinski definition) is 1. The highest BCUT2D eigenvalue weighted by Crippen LogP contribution is 2.15. The lowest BCUT2D eigenvalue weighted by Crippen LogP contribution is -2.20. The molecule has 1 N–H and O–H groups in total. The molecule has 0 amide bonds. The Hall–Kier alpha value is -1.74. The van der Waals surface area contributed by atoms with Crippen molar-refractivity contribution in [1.82, 2.24) is 9.88 Å². The van der Waals surface area contributed by atoms with Crippen molar-refractivity contribution in [3.05, 3.63) is 53.9 Å². The predicted octanol–water partition coefficient (Wildman–Crippen LogP) is 3.29. The van der Waals surface area contributed by atoms with Gasteiger partial charge in [-0.05, 0) is 42.3 Å². The molecule has 0 aliphatic rings. The fraction of sp³-hybridized carbons (Fsp3) is 0.412. The van der Waals surface area contributed by atoms with Crippen LogP contribution in [0.3, 0.4) is 0 Å². The fourth-order valence-electron chi connectivity index (χ4n) is 2.22. The molecule has 2 rings (SSSR count). The fourth-order valence-corrected chi connectivity index (χ4v) is 2.22. The number of aromatic nitrogens is 1. The second-order valence-electron chi connectivity index (χ2n) is 5.50.